The summed E-state index contributed by atoms with van der Waals surface area (Å²) in [6, 6.07) is 18.7. The second-order valence-electron chi connectivity index (χ2n) is 9.54. The van der Waals surface area contributed by atoms with E-state index in [-0.39, 0.29) is 23.4 Å². The highest BCUT2D eigenvalue weighted by atomic mass is 35.5. The van der Waals surface area contributed by atoms with Crippen molar-refractivity contribution in [2.24, 2.45) is 0 Å². The van der Waals surface area contributed by atoms with E-state index < -0.39 is 28.5 Å². The topological polar surface area (TPSA) is 86.8 Å². The number of carbonyl (C=O) groups is 2. The van der Waals surface area contributed by atoms with Gasteiger partial charge in [-0.2, -0.15) is 0 Å². The van der Waals surface area contributed by atoms with Gasteiger partial charge in [0.1, 0.15) is 12.6 Å². The lowest BCUT2D eigenvalue weighted by Crippen LogP contribution is -2.53. The highest BCUT2D eigenvalue weighted by Gasteiger charge is 2.33. The van der Waals surface area contributed by atoms with Crippen molar-refractivity contribution >= 4 is 50.7 Å². The molecule has 208 valence electrons. The van der Waals surface area contributed by atoms with Gasteiger partial charge in [0.15, 0.2) is 0 Å². The zero-order valence-corrected chi connectivity index (χ0v) is 24.7. The number of carbonyl (C=O) groups excluding carboxylic acids is 2. The highest BCUT2D eigenvalue weighted by molar-refractivity contribution is 7.92. The molecular formula is C29H33Cl2N3O4S. The second kappa shape index (κ2) is 13.3. The van der Waals surface area contributed by atoms with Crippen molar-refractivity contribution in [3.8, 4) is 0 Å². The Balaban J connectivity index is 2.05. The van der Waals surface area contributed by atoms with E-state index in [2.05, 4.69) is 5.32 Å². The van der Waals surface area contributed by atoms with Crippen LogP contribution in [0, 0.1) is 6.92 Å². The standard InChI is InChI=1S/C29H33Cl2N3O4S/c1-5-27(29(36)32-20(2)3)33(18-22-8-10-23(30)11-9-22)28(35)19-34(25-14-6-21(4)7-15-25)39(37,38)26-16-12-24(31)13-17-26/h6-17,20,27H,5,18-19H2,1-4H3,(H,32,36). The maximum absolute atomic E-state index is 14.0. The van der Waals surface area contributed by atoms with E-state index in [4.69, 9.17) is 23.2 Å². The summed E-state index contributed by atoms with van der Waals surface area (Å²) in [6.45, 7) is 6.98. The molecule has 1 N–H and O–H groups in total. The number of halogens is 2. The first-order valence-corrected chi connectivity index (χ1v) is 14.8. The molecule has 39 heavy (non-hydrogen) atoms. The van der Waals surface area contributed by atoms with Gasteiger partial charge in [-0.25, -0.2) is 8.42 Å². The number of rotatable bonds is 11. The van der Waals surface area contributed by atoms with Crippen molar-refractivity contribution in [1.29, 1.82) is 0 Å². The Bertz CT molecular complexity index is 1380. The van der Waals surface area contributed by atoms with E-state index in [0.717, 1.165) is 15.4 Å². The molecular weight excluding hydrogens is 557 g/mol. The Morgan fingerprint density at radius 3 is 1.92 bits per heavy atom. The molecule has 0 spiro atoms. The van der Waals surface area contributed by atoms with Crippen molar-refractivity contribution < 1.29 is 18.0 Å². The van der Waals surface area contributed by atoms with Crippen molar-refractivity contribution in [1.82, 2.24) is 10.2 Å². The summed E-state index contributed by atoms with van der Waals surface area (Å²) in [5.74, 6) is -0.828. The van der Waals surface area contributed by atoms with Crippen LogP contribution in [-0.4, -0.2) is 43.8 Å². The third kappa shape index (κ3) is 7.97. The number of nitrogens with one attached hydrogen (secondary N) is 1. The molecule has 0 fully saturated rings. The third-order valence-electron chi connectivity index (χ3n) is 6.09. The van der Waals surface area contributed by atoms with Gasteiger partial charge in [-0.05, 0) is 81.3 Å². The average molecular weight is 591 g/mol. The number of hydrogen-bond acceptors (Lipinski definition) is 4. The molecule has 7 nitrogen and oxygen atoms in total. The van der Waals surface area contributed by atoms with E-state index in [1.54, 1.807) is 48.5 Å². The molecule has 0 saturated carbocycles. The molecule has 1 atom stereocenters. The maximum Gasteiger partial charge on any atom is 0.264 e. The van der Waals surface area contributed by atoms with Crippen LogP contribution in [0.1, 0.15) is 38.3 Å². The van der Waals surface area contributed by atoms with Crippen LogP contribution in [0.4, 0.5) is 5.69 Å². The summed E-state index contributed by atoms with van der Waals surface area (Å²) in [5, 5.41) is 3.81. The Morgan fingerprint density at radius 1 is 0.872 bits per heavy atom. The number of sulfonamides is 1. The number of anilines is 1. The minimum Gasteiger partial charge on any atom is -0.352 e. The molecule has 3 aromatic rings. The predicted molar refractivity (Wildman–Crippen MR) is 157 cm³/mol. The molecule has 10 heteroatoms. The normalized spacial score (nSPS) is 12.2. The van der Waals surface area contributed by atoms with Crippen LogP contribution in [0.2, 0.25) is 10.0 Å². The summed E-state index contributed by atoms with van der Waals surface area (Å²) in [5.41, 5.74) is 2.02. The van der Waals surface area contributed by atoms with Gasteiger partial charge in [-0.3, -0.25) is 13.9 Å². The van der Waals surface area contributed by atoms with Gasteiger partial charge in [-0.1, -0.05) is 60.0 Å². The summed E-state index contributed by atoms with van der Waals surface area (Å²) >= 11 is 12.0. The smallest absolute Gasteiger partial charge is 0.264 e. The first-order valence-electron chi connectivity index (χ1n) is 12.6. The summed E-state index contributed by atoms with van der Waals surface area (Å²) in [6.07, 6.45) is 0.340. The molecule has 0 aromatic heterocycles. The quantitative estimate of drug-likeness (QED) is 0.305. The van der Waals surface area contributed by atoms with Crippen molar-refractivity contribution in [3.05, 3.63) is 94.0 Å². The van der Waals surface area contributed by atoms with Gasteiger partial charge in [0, 0.05) is 22.6 Å². The van der Waals surface area contributed by atoms with E-state index >= 15 is 0 Å². The minimum atomic E-state index is -4.15. The molecule has 0 aliphatic heterocycles. The fourth-order valence-corrected chi connectivity index (χ4v) is 5.73. The molecule has 3 rings (SSSR count). The largest absolute Gasteiger partial charge is 0.352 e. The second-order valence-corrected chi connectivity index (χ2v) is 12.3. The fourth-order valence-electron chi connectivity index (χ4n) is 4.06. The van der Waals surface area contributed by atoms with Crippen molar-refractivity contribution in [2.75, 3.05) is 10.8 Å². The predicted octanol–water partition coefficient (Wildman–Crippen LogP) is 5.83. The van der Waals surface area contributed by atoms with E-state index in [9.17, 15) is 18.0 Å². The van der Waals surface area contributed by atoms with Crippen LogP contribution in [-0.2, 0) is 26.2 Å². The number of aryl methyl sites for hydroxylation is 1. The zero-order chi connectivity index (χ0) is 28.7. The van der Waals surface area contributed by atoms with Crippen LogP contribution >= 0.6 is 23.2 Å². The van der Waals surface area contributed by atoms with Gasteiger partial charge < -0.3 is 10.2 Å². The first kappa shape index (κ1) is 30.5. The minimum absolute atomic E-state index is 0.00545. The van der Waals surface area contributed by atoms with Crippen molar-refractivity contribution in [2.45, 2.75) is 57.6 Å². The Kier molecular flexibility index (Phi) is 10.4. The first-order chi connectivity index (χ1) is 18.4. The van der Waals surface area contributed by atoms with Crippen LogP contribution < -0.4 is 9.62 Å². The fraction of sp³-hybridized carbons (Fsp3) is 0.310. The van der Waals surface area contributed by atoms with Gasteiger partial charge in [-0.15, -0.1) is 0 Å². The molecule has 3 aromatic carbocycles. The van der Waals surface area contributed by atoms with Gasteiger partial charge in [0.25, 0.3) is 10.0 Å². The molecule has 0 heterocycles. The lowest BCUT2D eigenvalue weighted by Gasteiger charge is -2.33. The van der Waals surface area contributed by atoms with E-state index in [1.165, 1.54) is 29.2 Å². The number of nitrogens with zero attached hydrogens (tertiary/aromatic N) is 2. The third-order valence-corrected chi connectivity index (χ3v) is 8.38. The summed E-state index contributed by atoms with van der Waals surface area (Å²) < 4.78 is 28.7. The maximum atomic E-state index is 14.0. The van der Waals surface area contributed by atoms with E-state index in [1.807, 2.05) is 27.7 Å². The number of benzene rings is 3. The summed E-state index contributed by atoms with van der Waals surface area (Å²) in [7, 11) is -4.15. The van der Waals surface area contributed by atoms with Gasteiger partial charge in [0.2, 0.25) is 11.8 Å². The monoisotopic (exact) mass is 589 g/mol. The van der Waals surface area contributed by atoms with Crippen LogP contribution in [0.3, 0.4) is 0 Å². The van der Waals surface area contributed by atoms with Crippen LogP contribution in [0.5, 0.6) is 0 Å². The molecule has 0 aliphatic rings. The lowest BCUT2D eigenvalue weighted by molar-refractivity contribution is -0.140. The Labute approximate surface area is 240 Å². The average Bonchev–Trinajstić information content (AvgIpc) is 2.88. The Morgan fingerprint density at radius 2 is 1.41 bits per heavy atom. The van der Waals surface area contributed by atoms with Crippen LogP contribution in [0.15, 0.2) is 77.7 Å². The molecule has 2 amide bonds. The van der Waals surface area contributed by atoms with Crippen molar-refractivity contribution in [3.63, 3.8) is 0 Å². The molecule has 1 unspecified atom stereocenters. The lowest BCUT2D eigenvalue weighted by atomic mass is 10.1. The SMILES string of the molecule is CCC(C(=O)NC(C)C)N(Cc1ccc(Cl)cc1)C(=O)CN(c1ccc(C)cc1)S(=O)(=O)c1ccc(Cl)cc1. The number of amides is 2. The Hall–Kier alpha value is -3.07. The highest BCUT2D eigenvalue weighted by Crippen LogP contribution is 2.26. The summed E-state index contributed by atoms with van der Waals surface area (Å²) in [4.78, 5) is 28.6. The van der Waals surface area contributed by atoms with Gasteiger partial charge in [0.05, 0.1) is 10.6 Å². The molecule has 0 saturated heterocycles. The number of hydrogen-bond donors (Lipinski definition) is 1. The zero-order valence-electron chi connectivity index (χ0n) is 22.4. The van der Waals surface area contributed by atoms with Gasteiger partial charge >= 0.3 is 0 Å². The molecule has 0 bridgehead atoms. The van der Waals surface area contributed by atoms with E-state index in [0.29, 0.717) is 22.2 Å². The van der Waals surface area contributed by atoms with Crippen LogP contribution in [0.25, 0.3) is 0 Å². The molecule has 0 aliphatic carbocycles. The molecule has 0 radical (unpaired) electrons.